The molecule has 25 heavy (non-hydrogen) atoms. The summed E-state index contributed by atoms with van der Waals surface area (Å²) in [5.41, 5.74) is 0.533. The lowest BCUT2D eigenvalue weighted by Gasteiger charge is -2.29. The molecule has 1 aromatic carbocycles. The summed E-state index contributed by atoms with van der Waals surface area (Å²) >= 11 is 3.36. The number of halogens is 3. The fourth-order valence-electron chi connectivity index (χ4n) is 3.70. The fraction of sp³-hybridized carbons (Fsp3) is 0.714. The maximum Gasteiger partial charge on any atom is 0.200 e. The van der Waals surface area contributed by atoms with Crippen LogP contribution in [0.4, 0.5) is 8.78 Å². The first kappa shape index (κ1) is 20.7. The molecule has 1 aliphatic rings. The second-order valence-electron chi connectivity index (χ2n) is 7.56. The molecule has 0 aromatic heterocycles. The van der Waals surface area contributed by atoms with Crippen LogP contribution in [0.25, 0.3) is 0 Å². The summed E-state index contributed by atoms with van der Waals surface area (Å²) in [5, 5.41) is 0.774. The smallest absolute Gasteiger partial charge is 0.200 e. The Balaban J connectivity index is 1.93. The van der Waals surface area contributed by atoms with Gasteiger partial charge in [0.05, 0.1) is 6.61 Å². The Hall–Kier alpha value is -0.640. The van der Waals surface area contributed by atoms with Gasteiger partial charge in [-0.3, -0.25) is 0 Å². The first-order valence-electron chi connectivity index (χ1n) is 9.73. The Morgan fingerprint density at radius 2 is 1.84 bits per heavy atom. The summed E-state index contributed by atoms with van der Waals surface area (Å²) in [5.74, 6) is -0.341. The summed E-state index contributed by atoms with van der Waals surface area (Å²) in [7, 11) is 0. The predicted molar refractivity (Wildman–Crippen MR) is 104 cm³/mol. The largest absolute Gasteiger partial charge is 0.490 e. The van der Waals surface area contributed by atoms with Gasteiger partial charge in [0.25, 0.3) is 0 Å². The van der Waals surface area contributed by atoms with Gasteiger partial charge in [0, 0.05) is 5.33 Å². The van der Waals surface area contributed by atoms with Crippen molar-refractivity contribution in [3.8, 4) is 5.75 Å². The van der Waals surface area contributed by atoms with Gasteiger partial charge in [-0.05, 0) is 55.1 Å². The average Bonchev–Trinajstić information content (AvgIpc) is 2.63. The molecule has 0 N–H and O–H groups in total. The number of unbranched alkanes of at least 4 members (excludes halogenated alkanes) is 2. The molecule has 1 fully saturated rings. The third-order valence-electron chi connectivity index (χ3n) is 5.37. The molecule has 142 valence electrons. The average molecular weight is 417 g/mol. The third kappa shape index (κ3) is 5.94. The molecule has 1 saturated carbocycles. The molecule has 1 nitrogen and oxygen atoms in total. The van der Waals surface area contributed by atoms with Gasteiger partial charge in [0.2, 0.25) is 5.82 Å². The Morgan fingerprint density at radius 3 is 2.48 bits per heavy atom. The minimum Gasteiger partial charge on any atom is -0.490 e. The monoisotopic (exact) mass is 416 g/mol. The molecule has 4 heteroatoms. The van der Waals surface area contributed by atoms with E-state index >= 15 is 0 Å². The highest BCUT2D eigenvalue weighted by Crippen LogP contribution is 2.40. The number of hydrogen-bond donors (Lipinski definition) is 0. The van der Waals surface area contributed by atoms with Crippen molar-refractivity contribution < 1.29 is 13.5 Å². The van der Waals surface area contributed by atoms with Gasteiger partial charge in [-0.15, -0.1) is 0 Å². The normalized spacial score (nSPS) is 22.0. The number of alkyl halides is 1. The summed E-state index contributed by atoms with van der Waals surface area (Å²) < 4.78 is 34.3. The first-order chi connectivity index (χ1) is 12.1. The molecule has 0 radical (unpaired) electrons. The molecule has 1 aliphatic carbocycles. The van der Waals surface area contributed by atoms with Crippen molar-refractivity contribution in [2.24, 2.45) is 11.8 Å². The predicted octanol–water partition coefficient (Wildman–Crippen LogP) is 7.23. The van der Waals surface area contributed by atoms with Crippen LogP contribution >= 0.6 is 15.9 Å². The van der Waals surface area contributed by atoms with E-state index in [1.807, 2.05) is 6.92 Å². The molecular formula is C21H31BrF2O. The molecule has 0 bridgehead atoms. The lowest BCUT2D eigenvalue weighted by atomic mass is 9.77. The van der Waals surface area contributed by atoms with Crippen LogP contribution in [0, 0.1) is 23.5 Å². The summed E-state index contributed by atoms with van der Waals surface area (Å²) in [4.78, 5) is 0. The van der Waals surface area contributed by atoms with Gasteiger partial charge in [0.15, 0.2) is 11.6 Å². The minimum absolute atomic E-state index is 0.0299. The van der Waals surface area contributed by atoms with E-state index < -0.39 is 11.6 Å². The molecule has 0 aliphatic heterocycles. The van der Waals surface area contributed by atoms with Crippen LogP contribution in [0.15, 0.2) is 12.1 Å². The zero-order chi connectivity index (χ0) is 18.2. The van der Waals surface area contributed by atoms with E-state index in [-0.39, 0.29) is 17.6 Å². The van der Waals surface area contributed by atoms with E-state index in [4.69, 9.17) is 4.74 Å². The second kappa shape index (κ2) is 10.5. The van der Waals surface area contributed by atoms with Gasteiger partial charge >= 0.3 is 0 Å². The van der Waals surface area contributed by atoms with E-state index in [2.05, 4.69) is 22.9 Å². The molecule has 0 spiro atoms. The molecule has 1 aromatic rings. The highest BCUT2D eigenvalue weighted by Gasteiger charge is 2.26. The van der Waals surface area contributed by atoms with Crippen LogP contribution in [0.5, 0.6) is 5.75 Å². The van der Waals surface area contributed by atoms with Crippen LogP contribution in [-0.2, 0) is 0 Å². The maximum atomic E-state index is 14.5. The molecule has 0 saturated heterocycles. The number of rotatable bonds is 9. The maximum absolute atomic E-state index is 14.5. The van der Waals surface area contributed by atoms with Crippen molar-refractivity contribution in [2.45, 2.75) is 71.1 Å². The number of ether oxygens (including phenoxy) is 1. The van der Waals surface area contributed by atoms with Crippen LogP contribution < -0.4 is 4.74 Å². The van der Waals surface area contributed by atoms with Crippen molar-refractivity contribution in [2.75, 3.05) is 11.9 Å². The van der Waals surface area contributed by atoms with Crippen molar-refractivity contribution in [1.29, 1.82) is 0 Å². The Bertz CT molecular complexity index is 527. The Labute approximate surface area is 159 Å². The highest BCUT2D eigenvalue weighted by molar-refractivity contribution is 9.09. The van der Waals surface area contributed by atoms with Crippen LogP contribution in [-0.4, -0.2) is 11.9 Å². The SMILES string of the molecule is CCCCCC1CCC(c2ccc(OCC(C)CBr)c(F)c2F)CC1. The van der Waals surface area contributed by atoms with Gasteiger partial charge in [-0.1, -0.05) is 61.5 Å². The number of benzene rings is 1. The number of hydrogen-bond acceptors (Lipinski definition) is 1. The molecule has 0 heterocycles. The molecule has 1 atom stereocenters. The summed E-state index contributed by atoms with van der Waals surface area (Å²) in [6, 6.07) is 3.33. The van der Waals surface area contributed by atoms with Gasteiger partial charge in [-0.25, -0.2) is 4.39 Å². The van der Waals surface area contributed by atoms with E-state index in [1.165, 1.54) is 25.7 Å². The van der Waals surface area contributed by atoms with Crippen LogP contribution in [0.3, 0.4) is 0 Å². The van der Waals surface area contributed by atoms with Gasteiger partial charge in [0.1, 0.15) is 0 Å². The van der Waals surface area contributed by atoms with Gasteiger partial charge < -0.3 is 4.74 Å². The van der Waals surface area contributed by atoms with E-state index in [0.29, 0.717) is 12.2 Å². The van der Waals surface area contributed by atoms with Crippen molar-refractivity contribution >= 4 is 15.9 Å². The zero-order valence-corrected chi connectivity index (χ0v) is 17.1. The van der Waals surface area contributed by atoms with Crippen molar-refractivity contribution in [3.05, 3.63) is 29.3 Å². The summed E-state index contributed by atoms with van der Waals surface area (Å²) in [6.07, 6.45) is 9.34. The fourth-order valence-corrected chi connectivity index (χ4v) is 3.88. The Morgan fingerprint density at radius 1 is 1.12 bits per heavy atom. The van der Waals surface area contributed by atoms with E-state index in [1.54, 1.807) is 12.1 Å². The standard InChI is InChI=1S/C21H31BrF2O/c1-3-4-5-6-16-7-9-17(10-8-16)18-11-12-19(21(24)20(18)23)25-14-15(2)13-22/h11-12,15-17H,3-10,13-14H2,1-2H3. The molecule has 0 amide bonds. The molecular weight excluding hydrogens is 386 g/mol. The topological polar surface area (TPSA) is 9.23 Å². The quantitative estimate of drug-likeness (QED) is 0.304. The molecule has 2 rings (SSSR count). The lowest BCUT2D eigenvalue weighted by molar-refractivity contribution is 0.256. The van der Waals surface area contributed by atoms with Crippen molar-refractivity contribution in [1.82, 2.24) is 0 Å². The Kier molecular flexibility index (Phi) is 8.68. The van der Waals surface area contributed by atoms with Crippen molar-refractivity contribution in [3.63, 3.8) is 0 Å². The molecule has 1 unspecified atom stereocenters. The zero-order valence-electron chi connectivity index (χ0n) is 15.5. The van der Waals surface area contributed by atoms with E-state index in [0.717, 1.165) is 36.9 Å². The summed E-state index contributed by atoms with van der Waals surface area (Å²) in [6.45, 7) is 4.60. The lowest BCUT2D eigenvalue weighted by Crippen LogP contribution is -2.15. The minimum atomic E-state index is -0.829. The second-order valence-corrected chi connectivity index (χ2v) is 8.21. The third-order valence-corrected chi connectivity index (χ3v) is 6.47. The highest BCUT2D eigenvalue weighted by atomic mass is 79.9. The van der Waals surface area contributed by atoms with E-state index in [9.17, 15) is 8.78 Å². The van der Waals surface area contributed by atoms with Crippen LogP contribution in [0.2, 0.25) is 0 Å². The van der Waals surface area contributed by atoms with Crippen LogP contribution in [0.1, 0.15) is 76.7 Å². The first-order valence-corrected chi connectivity index (χ1v) is 10.9. The van der Waals surface area contributed by atoms with Gasteiger partial charge in [-0.2, -0.15) is 4.39 Å².